The van der Waals surface area contributed by atoms with Gasteiger partial charge in [0.15, 0.2) is 0 Å². The molecule has 3 rings (SSSR count). The van der Waals surface area contributed by atoms with E-state index in [1.54, 1.807) is 50.6 Å². The molecule has 1 N–H and O–H groups in total. The van der Waals surface area contributed by atoms with Gasteiger partial charge in [0, 0.05) is 28.5 Å². The molecule has 0 aliphatic carbocycles. The van der Waals surface area contributed by atoms with Gasteiger partial charge >= 0.3 is 5.97 Å². The number of hydrogen-bond donors (Lipinski definition) is 1. The highest BCUT2D eigenvalue weighted by Crippen LogP contribution is 2.36. The largest absolute Gasteiger partial charge is 0.497 e. The summed E-state index contributed by atoms with van der Waals surface area (Å²) >= 11 is 0. The number of carbonyl (C=O) groups excluding carboxylic acids is 2. The molecule has 1 aromatic heterocycles. The second-order valence-electron chi connectivity index (χ2n) is 6.18. The van der Waals surface area contributed by atoms with Gasteiger partial charge in [-0.2, -0.15) is 0 Å². The Morgan fingerprint density at radius 3 is 1.93 bits per heavy atom. The second kappa shape index (κ2) is 8.52. The molecule has 0 fully saturated rings. The Labute approximate surface area is 168 Å². The lowest BCUT2D eigenvalue weighted by Crippen LogP contribution is -2.03. The molecule has 2 aromatic carbocycles. The van der Waals surface area contributed by atoms with Crippen LogP contribution in [0.1, 0.15) is 20.8 Å². The molecule has 0 aliphatic heterocycles. The van der Waals surface area contributed by atoms with Gasteiger partial charge in [0.2, 0.25) is 0 Å². The van der Waals surface area contributed by atoms with Crippen LogP contribution in [-0.4, -0.2) is 45.7 Å². The van der Waals surface area contributed by atoms with E-state index in [4.69, 9.17) is 18.9 Å². The van der Waals surface area contributed by atoms with Crippen molar-refractivity contribution in [3.63, 3.8) is 0 Å². The zero-order valence-electron chi connectivity index (χ0n) is 16.6. The van der Waals surface area contributed by atoms with Gasteiger partial charge in [0.05, 0.1) is 28.4 Å². The minimum absolute atomic E-state index is 0.272. The molecule has 7 heteroatoms. The summed E-state index contributed by atoms with van der Waals surface area (Å²) in [5.74, 6) is 1.18. The quantitative estimate of drug-likeness (QED) is 0.481. The highest BCUT2D eigenvalue weighted by atomic mass is 16.5. The van der Waals surface area contributed by atoms with E-state index in [0.29, 0.717) is 45.2 Å². The first-order valence-corrected chi connectivity index (χ1v) is 8.72. The van der Waals surface area contributed by atoms with E-state index in [9.17, 15) is 9.59 Å². The summed E-state index contributed by atoms with van der Waals surface area (Å²) in [5, 5.41) is 0. The molecule has 0 saturated heterocycles. The number of nitrogens with one attached hydrogen (secondary N) is 1. The lowest BCUT2D eigenvalue weighted by atomic mass is 10.0. The van der Waals surface area contributed by atoms with Crippen LogP contribution in [0.2, 0.25) is 0 Å². The zero-order valence-corrected chi connectivity index (χ0v) is 16.6. The standard InChI is InChI=1S/C22H21NO6/c1-26-16-6-13(12-24)5-15(9-16)20-11-19(21(23-20)22(25)29-4)14-7-17(27-2)10-18(8-14)28-3/h5-12,23H,1-4H3. The molecule has 0 amide bonds. The number of aromatic amines is 1. The van der Waals surface area contributed by atoms with Gasteiger partial charge < -0.3 is 23.9 Å². The molecule has 0 bridgehead atoms. The summed E-state index contributed by atoms with van der Waals surface area (Å²) in [7, 11) is 5.95. The molecular weight excluding hydrogens is 374 g/mol. The first-order chi connectivity index (χ1) is 14.0. The summed E-state index contributed by atoms with van der Waals surface area (Å²) in [6.45, 7) is 0. The van der Waals surface area contributed by atoms with E-state index >= 15 is 0 Å². The van der Waals surface area contributed by atoms with Crippen LogP contribution in [0, 0.1) is 0 Å². The van der Waals surface area contributed by atoms with Crippen LogP contribution in [0.25, 0.3) is 22.4 Å². The number of benzene rings is 2. The average molecular weight is 395 g/mol. The maximum absolute atomic E-state index is 12.4. The molecule has 0 saturated carbocycles. The number of methoxy groups -OCH3 is 4. The van der Waals surface area contributed by atoms with Gasteiger partial charge in [-0.05, 0) is 42.0 Å². The molecule has 150 valence electrons. The Hall–Kier alpha value is -3.74. The first kappa shape index (κ1) is 20.0. The number of H-pyrrole nitrogens is 1. The molecule has 7 nitrogen and oxygen atoms in total. The van der Waals surface area contributed by atoms with Crippen LogP contribution >= 0.6 is 0 Å². The summed E-state index contributed by atoms with van der Waals surface area (Å²) in [6, 6.07) is 12.3. The van der Waals surface area contributed by atoms with Crippen molar-refractivity contribution in [1.82, 2.24) is 4.98 Å². The third-order valence-corrected chi connectivity index (χ3v) is 4.48. The van der Waals surface area contributed by atoms with E-state index < -0.39 is 5.97 Å². The van der Waals surface area contributed by atoms with E-state index in [2.05, 4.69) is 4.98 Å². The second-order valence-corrected chi connectivity index (χ2v) is 6.18. The van der Waals surface area contributed by atoms with Crippen LogP contribution in [-0.2, 0) is 4.74 Å². The van der Waals surface area contributed by atoms with Crippen molar-refractivity contribution in [2.45, 2.75) is 0 Å². The van der Waals surface area contributed by atoms with E-state index in [1.165, 1.54) is 14.2 Å². The Kier molecular flexibility index (Phi) is 5.87. The van der Waals surface area contributed by atoms with Crippen molar-refractivity contribution >= 4 is 12.3 Å². The number of aldehydes is 1. The predicted octanol–water partition coefficient (Wildman–Crippen LogP) is 3.97. The van der Waals surface area contributed by atoms with Crippen molar-refractivity contribution in [2.24, 2.45) is 0 Å². The molecule has 29 heavy (non-hydrogen) atoms. The minimum atomic E-state index is -0.522. The van der Waals surface area contributed by atoms with E-state index in [1.807, 2.05) is 6.07 Å². The average Bonchev–Trinajstić information content (AvgIpc) is 3.23. The molecule has 3 aromatic rings. The van der Waals surface area contributed by atoms with E-state index in [0.717, 1.165) is 6.29 Å². The van der Waals surface area contributed by atoms with Gasteiger partial charge in [0.1, 0.15) is 29.2 Å². The fourth-order valence-electron chi connectivity index (χ4n) is 3.03. The van der Waals surface area contributed by atoms with Crippen molar-refractivity contribution < 1.29 is 28.5 Å². The number of esters is 1. The van der Waals surface area contributed by atoms with Gasteiger partial charge in [0.25, 0.3) is 0 Å². The fraction of sp³-hybridized carbons (Fsp3) is 0.182. The summed E-state index contributed by atoms with van der Waals surface area (Å²) < 4.78 is 20.9. The van der Waals surface area contributed by atoms with Crippen molar-refractivity contribution in [3.05, 3.63) is 53.7 Å². The summed E-state index contributed by atoms with van der Waals surface area (Å²) in [5.41, 5.74) is 3.37. The lowest BCUT2D eigenvalue weighted by molar-refractivity contribution is 0.0595. The molecule has 0 spiro atoms. The molecule has 0 aliphatic rings. The Bertz CT molecular complexity index is 1030. The summed E-state index contributed by atoms with van der Waals surface area (Å²) in [4.78, 5) is 26.8. The van der Waals surface area contributed by atoms with Crippen LogP contribution in [0.3, 0.4) is 0 Å². The Morgan fingerprint density at radius 2 is 1.38 bits per heavy atom. The number of carbonyl (C=O) groups is 2. The maximum Gasteiger partial charge on any atom is 0.355 e. The Morgan fingerprint density at radius 1 is 0.793 bits per heavy atom. The SMILES string of the molecule is COC(=O)c1[nH]c(-c2cc(C=O)cc(OC)c2)cc1-c1cc(OC)cc(OC)c1. The van der Waals surface area contributed by atoms with Crippen molar-refractivity contribution in [3.8, 4) is 39.6 Å². The van der Waals surface area contributed by atoms with Crippen LogP contribution in [0.15, 0.2) is 42.5 Å². The van der Waals surface area contributed by atoms with Gasteiger partial charge in [-0.3, -0.25) is 4.79 Å². The molecule has 0 atom stereocenters. The Balaban J connectivity index is 2.21. The third kappa shape index (κ3) is 4.08. The molecule has 1 heterocycles. The molecule has 0 radical (unpaired) electrons. The van der Waals surface area contributed by atoms with Gasteiger partial charge in [-0.1, -0.05) is 0 Å². The van der Waals surface area contributed by atoms with Crippen LogP contribution in [0.4, 0.5) is 0 Å². The number of rotatable bonds is 7. The zero-order chi connectivity index (χ0) is 21.0. The highest BCUT2D eigenvalue weighted by Gasteiger charge is 2.20. The van der Waals surface area contributed by atoms with Crippen molar-refractivity contribution in [2.75, 3.05) is 28.4 Å². The smallest absolute Gasteiger partial charge is 0.355 e. The molecular formula is C22H21NO6. The van der Waals surface area contributed by atoms with Crippen LogP contribution < -0.4 is 14.2 Å². The topological polar surface area (TPSA) is 86.9 Å². The molecule has 0 unspecified atom stereocenters. The number of aromatic nitrogens is 1. The van der Waals surface area contributed by atoms with Gasteiger partial charge in [-0.25, -0.2) is 4.79 Å². The number of hydrogen-bond acceptors (Lipinski definition) is 6. The highest BCUT2D eigenvalue weighted by molar-refractivity contribution is 5.98. The van der Waals surface area contributed by atoms with Gasteiger partial charge in [-0.15, -0.1) is 0 Å². The predicted molar refractivity (Wildman–Crippen MR) is 108 cm³/mol. The number of ether oxygens (including phenoxy) is 4. The monoisotopic (exact) mass is 395 g/mol. The maximum atomic E-state index is 12.4. The van der Waals surface area contributed by atoms with Crippen molar-refractivity contribution in [1.29, 1.82) is 0 Å². The third-order valence-electron chi connectivity index (χ3n) is 4.48. The fourth-order valence-corrected chi connectivity index (χ4v) is 3.03. The minimum Gasteiger partial charge on any atom is -0.497 e. The summed E-state index contributed by atoms with van der Waals surface area (Å²) in [6.07, 6.45) is 0.740. The lowest BCUT2D eigenvalue weighted by Gasteiger charge is -2.08. The normalized spacial score (nSPS) is 10.3. The van der Waals surface area contributed by atoms with E-state index in [-0.39, 0.29) is 5.69 Å². The first-order valence-electron chi connectivity index (χ1n) is 8.72. The van der Waals surface area contributed by atoms with Crippen LogP contribution in [0.5, 0.6) is 17.2 Å².